The maximum absolute atomic E-state index is 13.2. The number of hydrogen-bond donors (Lipinski definition) is 3. The van der Waals surface area contributed by atoms with Crippen LogP contribution >= 0.6 is 0 Å². The third kappa shape index (κ3) is 3.59. The second-order valence-electron chi connectivity index (χ2n) is 11.6. The Morgan fingerprint density at radius 3 is 2.59 bits per heavy atom. The lowest BCUT2D eigenvalue weighted by Gasteiger charge is -2.39. The van der Waals surface area contributed by atoms with E-state index in [1.165, 1.54) is 6.33 Å². The summed E-state index contributed by atoms with van der Waals surface area (Å²) in [5.41, 5.74) is 13.5. The Morgan fingerprint density at radius 1 is 1.03 bits per heavy atom. The number of fused-ring (bicyclic) bond motifs is 4. The van der Waals surface area contributed by atoms with Crippen molar-refractivity contribution in [3.63, 3.8) is 0 Å². The zero-order chi connectivity index (χ0) is 26.2. The first-order valence-corrected chi connectivity index (χ1v) is 14.1. The van der Waals surface area contributed by atoms with E-state index in [1.807, 2.05) is 17.3 Å². The van der Waals surface area contributed by atoms with Crippen molar-refractivity contribution in [1.82, 2.24) is 39.7 Å². The molecular formula is C28H31N9O2. The fourth-order valence-corrected chi connectivity index (χ4v) is 7.30. The molecule has 0 spiro atoms. The van der Waals surface area contributed by atoms with Crippen LogP contribution in [-0.4, -0.2) is 62.8 Å². The van der Waals surface area contributed by atoms with Gasteiger partial charge in [0.25, 0.3) is 5.91 Å². The zero-order valence-electron chi connectivity index (χ0n) is 21.6. The molecule has 3 fully saturated rings. The number of amides is 1. The van der Waals surface area contributed by atoms with Crippen molar-refractivity contribution in [3.8, 4) is 11.1 Å². The van der Waals surface area contributed by atoms with Crippen LogP contribution in [-0.2, 0) is 6.42 Å². The number of hydrogen-bond acceptors (Lipinski definition) is 8. The van der Waals surface area contributed by atoms with Crippen LogP contribution in [0.25, 0.3) is 16.8 Å². The van der Waals surface area contributed by atoms with Crippen LogP contribution in [0, 0.1) is 0 Å². The molecule has 1 saturated carbocycles. The summed E-state index contributed by atoms with van der Waals surface area (Å²) in [7, 11) is 0. The molecule has 4 aliphatic rings. The van der Waals surface area contributed by atoms with Gasteiger partial charge in [-0.3, -0.25) is 14.9 Å². The van der Waals surface area contributed by atoms with E-state index in [4.69, 9.17) is 10.7 Å². The van der Waals surface area contributed by atoms with Gasteiger partial charge in [-0.05, 0) is 75.3 Å². The number of aliphatic hydroxyl groups is 1. The van der Waals surface area contributed by atoms with Gasteiger partial charge in [-0.2, -0.15) is 14.7 Å². The van der Waals surface area contributed by atoms with E-state index in [0.717, 1.165) is 97.1 Å². The minimum Gasteiger partial charge on any atom is -0.387 e. The van der Waals surface area contributed by atoms with Crippen LogP contribution in [0.15, 0.2) is 24.8 Å². The summed E-state index contributed by atoms with van der Waals surface area (Å²) in [5, 5.41) is 21.6. The van der Waals surface area contributed by atoms with Crippen LogP contribution in [0.5, 0.6) is 0 Å². The summed E-state index contributed by atoms with van der Waals surface area (Å²) < 4.78 is 1.79. The van der Waals surface area contributed by atoms with Gasteiger partial charge in [-0.15, -0.1) is 0 Å². The number of carbonyl (C=O) groups is 1. The second kappa shape index (κ2) is 8.57. The molecule has 2 aliphatic carbocycles. The maximum Gasteiger partial charge on any atom is 0.291 e. The molecule has 2 saturated heterocycles. The molecule has 2 unspecified atom stereocenters. The number of aromatic nitrogens is 7. The molecule has 11 heteroatoms. The molecule has 2 aliphatic heterocycles. The number of anilines is 1. The molecule has 11 nitrogen and oxygen atoms in total. The molecule has 1 amide bonds. The number of aryl methyl sites for hydroxylation is 1. The minimum absolute atomic E-state index is 0.0631. The smallest absolute Gasteiger partial charge is 0.291 e. The number of aromatic amines is 1. The lowest BCUT2D eigenvalue weighted by molar-refractivity contribution is 0.0557. The number of nitrogens with zero attached hydrogens (tertiary/aromatic N) is 7. The summed E-state index contributed by atoms with van der Waals surface area (Å²) in [6.45, 7) is 0. The highest BCUT2D eigenvalue weighted by molar-refractivity contribution is 5.91. The summed E-state index contributed by atoms with van der Waals surface area (Å²) in [6.07, 6.45) is 13.1. The van der Waals surface area contributed by atoms with E-state index >= 15 is 0 Å². The summed E-state index contributed by atoms with van der Waals surface area (Å²) >= 11 is 0. The van der Waals surface area contributed by atoms with Crippen molar-refractivity contribution in [2.24, 2.45) is 0 Å². The number of nitrogens with one attached hydrogen (secondary N) is 1. The van der Waals surface area contributed by atoms with E-state index in [0.29, 0.717) is 17.6 Å². The number of carbonyl (C=O) groups excluding carboxylic acids is 1. The van der Waals surface area contributed by atoms with Crippen LogP contribution in [0.1, 0.15) is 102 Å². The number of pyridine rings is 1. The lowest BCUT2D eigenvalue weighted by atomic mass is 9.85. The normalized spacial score (nSPS) is 26.2. The van der Waals surface area contributed by atoms with Crippen LogP contribution in [0.3, 0.4) is 0 Å². The molecule has 39 heavy (non-hydrogen) atoms. The highest BCUT2D eigenvalue weighted by Gasteiger charge is 2.46. The molecule has 200 valence electrons. The Labute approximate surface area is 224 Å². The quantitative estimate of drug-likeness (QED) is 0.367. The lowest BCUT2D eigenvalue weighted by Crippen LogP contribution is -2.46. The van der Waals surface area contributed by atoms with Gasteiger partial charge in [0, 0.05) is 40.9 Å². The predicted molar refractivity (Wildman–Crippen MR) is 142 cm³/mol. The topological polar surface area (TPSA) is 151 Å². The van der Waals surface area contributed by atoms with Crippen molar-refractivity contribution in [1.29, 1.82) is 0 Å². The third-order valence-corrected chi connectivity index (χ3v) is 9.26. The van der Waals surface area contributed by atoms with Gasteiger partial charge in [0.15, 0.2) is 5.65 Å². The Hall–Kier alpha value is -3.86. The molecule has 0 aromatic carbocycles. The van der Waals surface area contributed by atoms with Gasteiger partial charge < -0.3 is 15.7 Å². The van der Waals surface area contributed by atoms with E-state index in [-0.39, 0.29) is 23.9 Å². The van der Waals surface area contributed by atoms with Crippen molar-refractivity contribution in [3.05, 3.63) is 53.1 Å². The Balaban J connectivity index is 1.19. The van der Waals surface area contributed by atoms with Crippen LogP contribution in [0.2, 0.25) is 0 Å². The number of aliphatic hydroxyl groups excluding tert-OH is 1. The number of rotatable bonds is 4. The molecule has 0 radical (unpaired) electrons. The minimum atomic E-state index is -0.495. The van der Waals surface area contributed by atoms with Crippen LogP contribution in [0.4, 0.5) is 5.82 Å². The molecule has 4 atom stereocenters. The first-order chi connectivity index (χ1) is 19.1. The number of nitrogens with two attached hydrogens (primary N) is 1. The third-order valence-electron chi connectivity index (χ3n) is 9.26. The average molecular weight is 526 g/mol. The van der Waals surface area contributed by atoms with E-state index < -0.39 is 6.10 Å². The predicted octanol–water partition coefficient (Wildman–Crippen LogP) is 3.29. The fourth-order valence-electron chi connectivity index (χ4n) is 7.30. The number of nitrogen functional groups attached to an aromatic ring is 1. The Morgan fingerprint density at radius 2 is 1.85 bits per heavy atom. The average Bonchev–Trinajstić information content (AvgIpc) is 3.33. The van der Waals surface area contributed by atoms with Gasteiger partial charge in [-0.25, -0.2) is 9.97 Å². The van der Waals surface area contributed by atoms with Crippen molar-refractivity contribution in [2.75, 3.05) is 5.73 Å². The first kappa shape index (κ1) is 23.1. The SMILES string of the molecule is Nc1c(C2CC2)c(C2C[C@H]3CC[C@@H](C2)N3C(=O)c2ncn[nH]2)nc2c(-c3cnc4c(c3)CCCC4O)cnn12. The summed E-state index contributed by atoms with van der Waals surface area (Å²) in [6, 6.07) is 2.43. The highest BCUT2D eigenvalue weighted by Crippen LogP contribution is 2.50. The molecule has 4 aromatic heterocycles. The van der Waals surface area contributed by atoms with Gasteiger partial charge in [0.2, 0.25) is 5.82 Å². The van der Waals surface area contributed by atoms with Crippen molar-refractivity contribution in [2.45, 2.75) is 87.8 Å². The number of piperidine rings is 1. The Bertz CT molecular complexity index is 1580. The van der Waals surface area contributed by atoms with Crippen molar-refractivity contribution < 1.29 is 9.90 Å². The largest absolute Gasteiger partial charge is 0.387 e. The highest BCUT2D eigenvalue weighted by atomic mass is 16.3. The second-order valence-corrected chi connectivity index (χ2v) is 11.6. The summed E-state index contributed by atoms with van der Waals surface area (Å²) in [4.78, 5) is 29.3. The van der Waals surface area contributed by atoms with E-state index in [9.17, 15) is 9.90 Å². The fraction of sp³-hybridized carbons (Fsp3) is 0.500. The van der Waals surface area contributed by atoms with Crippen LogP contribution < -0.4 is 5.73 Å². The van der Waals surface area contributed by atoms with Gasteiger partial charge in [-0.1, -0.05) is 0 Å². The van der Waals surface area contributed by atoms with Gasteiger partial charge in [0.05, 0.1) is 23.7 Å². The molecule has 4 N–H and O–H groups in total. The monoisotopic (exact) mass is 525 g/mol. The molecule has 2 bridgehead atoms. The number of H-pyrrole nitrogens is 1. The van der Waals surface area contributed by atoms with E-state index in [2.05, 4.69) is 31.3 Å². The first-order valence-electron chi connectivity index (χ1n) is 14.1. The van der Waals surface area contributed by atoms with Gasteiger partial charge in [0.1, 0.15) is 12.1 Å². The standard InChI is InChI=1S/C28H31N9O2/c29-25-22(14-4-5-14)24(16-9-18-6-7-19(10-16)36(18)28(39)26-31-13-32-35-26)34-27-20(12-33-37(25)27)17-8-15-2-1-3-21(38)23(15)30-11-17/h8,11-14,16,18-19,21,38H,1-7,9-10,29H2,(H,31,32,35)/t16?,18-,19+,21?. The molecule has 4 aromatic rings. The van der Waals surface area contributed by atoms with Gasteiger partial charge >= 0.3 is 0 Å². The van der Waals surface area contributed by atoms with E-state index in [1.54, 1.807) is 4.52 Å². The molecular weight excluding hydrogens is 494 g/mol. The molecule has 6 heterocycles. The Kier molecular flexibility index (Phi) is 5.07. The maximum atomic E-state index is 13.2. The van der Waals surface area contributed by atoms with Crippen molar-refractivity contribution >= 4 is 17.4 Å². The zero-order valence-corrected chi connectivity index (χ0v) is 21.6. The molecule has 8 rings (SSSR count). The summed E-state index contributed by atoms with van der Waals surface area (Å²) in [5.74, 6) is 1.57.